The van der Waals surface area contributed by atoms with Gasteiger partial charge in [0.25, 0.3) is 5.91 Å². The molecule has 0 aliphatic rings. The van der Waals surface area contributed by atoms with Crippen LogP contribution in [-0.2, 0) is 15.6 Å². The molecule has 1 amide bonds. The Hall–Kier alpha value is -1.79. The topological polar surface area (TPSA) is 63.2 Å². The van der Waals surface area contributed by atoms with E-state index in [-0.39, 0.29) is 22.1 Å². The van der Waals surface area contributed by atoms with E-state index in [0.29, 0.717) is 6.54 Å². The van der Waals surface area contributed by atoms with Crippen molar-refractivity contribution >= 4 is 27.5 Å². The number of carbonyl (C=O) groups excluding carboxylic acids is 1. The molecule has 0 heterocycles. The predicted molar refractivity (Wildman–Crippen MR) is 104 cm³/mol. The molecule has 2 aromatic carbocycles. The number of thioether (sulfide) groups is 1. The molecule has 1 N–H and O–H groups in total. The summed E-state index contributed by atoms with van der Waals surface area (Å²) in [6.07, 6.45) is 0. The van der Waals surface area contributed by atoms with Gasteiger partial charge < -0.3 is 5.32 Å². The molecule has 0 spiro atoms. The first-order valence-corrected chi connectivity index (χ1v) is 11.0. The van der Waals surface area contributed by atoms with Crippen LogP contribution in [0, 0.1) is 6.92 Å². The Morgan fingerprint density at radius 3 is 2.44 bits per heavy atom. The summed E-state index contributed by atoms with van der Waals surface area (Å²) in [5, 5.41) is 2.81. The Morgan fingerprint density at radius 2 is 1.76 bits per heavy atom. The quantitative estimate of drug-likeness (QED) is 0.716. The van der Waals surface area contributed by atoms with Crippen LogP contribution in [0.1, 0.15) is 28.4 Å². The van der Waals surface area contributed by atoms with E-state index in [1.807, 2.05) is 0 Å². The maximum absolute atomic E-state index is 12.3. The van der Waals surface area contributed by atoms with Crippen LogP contribution in [0.5, 0.6) is 0 Å². The van der Waals surface area contributed by atoms with Crippen LogP contribution in [0.25, 0.3) is 0 Å². The largest absolute Gasteiger partial charge is 0.351 e. The van der Waals surface area contributed by atoms with E-state index in [2.05, 4.69) is 36.5 Å². The van der Waals surface area contributed by atoms with Crippen LogP contribution >= 0.6 is 11.8 Å². The maximum atomic E-state index is 12.3. The van der Waals surface area contributed by atoms with E-state index in [0.717, 1.165) is 11.5 Å². The molecule has 0 radical (unpaired) electrons. The van der Waals surface area contributed by atoms with Gasteiger partial charge in [0.2, 0.25) is 0 Å². The number of hydrogen-bond donors (Lipinski definition) is 1. The normalized spacial score (nSPS) is 11.3. The van der Waals surface area contributed by atoms with E-state index in [9.17, 15) is 13.2 Å². The number of nitrogens with one attached hydrogen (secondary N) is 1. The molecule has 4 nitrogen and oxygen atoms in total. The van der Waals surface area contributed by atoms with Crippen LogP contribution in [0.2, 0.25) is 0 Å². The van der Waals surface area contributed by atoms with Gasteiger partial charge in [-0.25, -0.2) is 8.42 Å². The van der Waals surface area contributed by atoms with Crippen molar-refractivity contribution in [2.24, 2.45) is 0 Å². The molecule has 0 aromatic heterocycles. The average Bonchev–Trinajstić information content (AvgIpc) is 2.63. The van der Waals surface area contributed by atoms with Crippen LogP contribution < -0.4 is 5.32 Å². The van der Waals surface area contributed by atoms with E-state index in [1.54, 1.807) is 36.9 Å². The van der Waals surface area contributed by atoms with Crippen molar-refractivity contribution in [1.29, 1.82) is 0 Å². The van der Waals surface area contributed by atoms with Gasteiger partial charge in [0.05, 0.1) is 16.2 Å². The fourth-order valence-electron chi connectivity index (χ4n) is 2.29. The maximum Gasteiger partial charge on any atom is 0.252 e. The standard InChI is InChI=1S/C19H23NO3S2/c1-3-25(22,23)18-7-5-4-6-17(18)19(21)20-12-13-24-14-16-10-8-15(2)9-11-16/h4-11H,3,12-14H2,1-2H3,(H,20,21). The zero-order valence-corrected chi connectivity index (χ0v) is 16.1. The van der Waals surface area contributed by atoms with Gasteiger partial charge in [0.1, 0.15) is 0 Å². The second kappa shape index (κ2) is 9.06. The first-order valence-electron chi connectivity index (χ1n) is 8.17. The fourth-order valence-corrected chi connectivity index (χ4v) is 4.20. The van der Waals surface area contributed by atoms with Crippen molar-refractivity contribution in [3.8, 4) is 0 Å². The molecule has 0 aliphatic carbocycles. The number of hydrogen-bond acceptors (Lipinski definition) is 4. The first-order chi connectivity index (χ1) is 11.9. The fraction of sp³-hybridized carbons (Fsp3) is 0.316. The third-order valence-electron chi connectivity index (χ3n) is 3.77. The molecule has 0 atom stereocenters. The van der Waals surface area contributed by atoms with E-state index in [1.165, 1.54) is 17.2 Å². The Kier molecular flexibility index (Phi) is 7.08. The minimum absolute atomic E-state index is 0.0241. The van der Waals surface area contributed by atoms with Gasteiger partial charge in [-0.15, -0.1) is 0 Å². The molecular formula is C19H23NO3S2. The lowest BCUT2D eigenvalue weighted by Crippen LogP contribution is -2.27. The zero-order valence-electron chi connectivity index (χ0n) is 14.5. The molecule has 2 rings (SSSR count). The Labute approximate surface area is 154 Å². The van der Waals surface area contributed by atoms with Gasteiger partial charge in [-0.3, -0.25) is 4.79 Å². The van der Waals surface area contributed by atoms with Gasteiger partial charge in [-0.2, -0.15) is 11.8 Å². The van der Waals surface area contributed by atoms with E-state index in [4.69, 9.17) is 0 Å². The zero-order chi connectivity index (χ0) is 18.3. The van der Waals surface area contributed by atoms with Gasteiger partial charge >= 0.3 is 0 Å². The van der Waals surface area contributed by atoms with Crippen LogP contribution in [0.15, 0.2) is 53.4 Å². The van der Waals surface area contributed by atoms with Gasteiger partial charge in [-0.1, -0.05) is 48.9 Å². The monoisotopic (exact) mass is 377 g/mol. The summed E-state index contributed by atoms with van der Waals surface area (Å²) < 4.78 is 24.2. The molecule has 0 unspecified atom stereocenters. The second-order valence-electron chi connectivity index (χ2n) is 5.69. The van der Waals surface area contributed by atoms with Crippen LogP contribution in [-0.4, -0.2) is 32.4 Å². The summed E-state index contributed by atoms with van der Waals surface area (Å²) in [5.74, 6) is 1.28. The molecule has 0 bridgehead atoms. The van der Waals surface area contributed by atoms with Gasteiger partial charge in [0.15, 0.2) is 9.84 Å². The van der Waals surface area contributed by atoms with Crippen molar-refractivity contribution in [2.45, 2.75) is 24.5 Å². The van der Waals surface area contributed by atoms with Crippen molar-refractivity contribution in [1.82, 2.24) is 5.32 Å². The number of carbonyl (C=O) groups is 1. The molecule has 134 valence electrons. The Bertz CT molecular complexity index is 815. The summed E-state index contributed by atoms with van der Waals surface area (Å²) in [5.41, 5.74) is 2.70. The smallest absolute Gasteiger partial charge is 0.252 e. The minimum atomic E-state index is -3.41. The number of rotatable bonds is 8. The summed E-state index contributed by atoms with van der Waals surface area (Å²) in [6.45, 7) is 4.13. The lowest BCUT2D eigenvalue weighted by Gasteiger charge is -2.10. The molecule has 25 heavy (non-hydrogen) atoms. The van der Waals surface area contributed by atoms with E-state index >= 15 is 0 Å². The second-order valence-corrected chi connectivity index (χ2v) is 9.05. The van der Waals surface area contributed by atoms with Crippen molar-refractivity contribution in [3.63, 3.8) is 0 Å². The number of sulfone groups is 1. The highest BCUT2D eigenvalue weighted by Gasteiger charge is 2.20. The van der Waals surface area contributed by atoms with Crippen LogP contribution in [0.4, 0.5) is 0 Å². The molecule has 0 saturated carbocycles. The van der Waals surface area contributed by atoms with Crippen molar-refractivity contribution < 1.29 is 13.2 Å². The molecule has 0 fully saturated rings. The summed E-state index contributed by atoms with van der Waals surface area (Å²) in [4.78, 5) is 12.4. The highest BCUT2D eigenvalue weighted by Crippen LogP contribution is 2.17. The van der Waals surface area contributed by atoms with Gasteiger partial charge in [-0.05, 0) is 24.6 Å². The Morgan fingerprint density at radius 1 is 1.08 bits per heavy atom. The molecule has 2 aromatic rings. The highest BCUT2D eigenvalue weighted by molar-refractivity contribution is 7.98. The minimum Gasteiger partial charge on any atom is -0.351 e. The third kappa shape index (κ3) is 5.61. The Balaban J connectivity index is 1.86. The van der Waals surface area contributed by atoms with Crippen LogP contribution in [0.3, 0.4) is 0 Å². The van der Waals surface area contributed by atoms with E-state index < -0.39 is 9.84 Å². The lowest BCUT2D eigenvalue weighted by atomic mass is 10.2. The molecule has 0 aliphatic heterocycles. The third-order valence-corrected chi connectivity index (χ3v) is 6.58. The van der Waals surface area contributed by atoms with Gasteiger partial charge in [0, 0.05) is 18.1 Å². The number of aryl methyl sites for hydroxylation is 1. The number of benzene rings is 2. The first kappa shape index (κ1) is 19.5. The summed E-state index contributed by atoms with van der Waals surface area (Å²) in [7, 11) is -3.41. The summed E-state index contributed by atoms with van der Waals surface area (Å²) >= 11 is 1.73. The highest BCUT2D eigenvalue weighted by atomic mass is 32.2. The molecule has 6 heteroatoms. The predicted octanol–water partition coefficient (Wildman–Crippen LogP) is 3.45. The van der Waals surface area contributed by atoms with Crippen molar-refractivity contribution in [2.75, 3.05) is 18.1 Å². The van der Waals surface area contributed by atoms with Crippen molar-refractivity contribution in [3.05, 3.63) is 65.2 Å². The SMILES string of the molecule is CCS(=O)(=O)c1ccccc1C(=O)NCCSCc1ccc(C)cc1. The average molecular weight is 378 g/mol. The summed E-state index contributed by atoms with van der Waals surface area (Å²) in [6, 6.07) is 14.7. The number of amides is 1. The molecule has 0 saturated heterocycles. The lowest BCUT2D eigenvalue weighted by molar-refractivity contribution is 0.0953. The molecular weight excluding hydrogens is 354 g/mol.